The van der Waals surface area contributed by atoms with E-state index >= 15 is 0 Å². The van der Waals surface area contributed by atoms with Crippen molar-refractivity contribution in [3.05, 3.63) is 112 Å². The molecule has 3 heterocycles. The van der Waals surface area contributed by atoms with Crippen molar-refractivity contribution in [2.75, 3.05) is 13.1 Å². The molecule has 3 fully saturated rings. The number of phenols is 1. The number of carbonyl (C=O) groups is 2. The lowest BCUT2D eigenvalue weighted by Gasteiger charge is -2.43. The minimum atomic E-state index is -0.990. The van der Waals surface area contributed by atoms with E-state index in [9.17, 15) is 19.7 Å². The predicted octanol–water partition coefficient (Wildman–Crippen LogP) is 7.20. The fourth-order valence-corrected chi connectivity index (χ4v) is 9.18. The molecule has 4 atom stereocenters. The van der Waals surface area contributed by atoms with Crippen LogP contribution in [0.1, 0.15) is 73.3 Å². The van der Waals surface area contributed by atoms with E-state index in [2.05, 4.69) is 54.3 Å². The molecule has 0 saturated carbocycles. The number of aryl methyl sites for hydroxylation is 2. The van der Waals surface area contributed by atoms with Gasteiger partial charge in [-0.2, -0.15) is 0 Å². The van der Waals surface area contributed by atoms with Crippen LogP contribution in [-0.2, 0) is 20.8 Å². The van der Waals surface area contributed by atoms with E-state index < -0.39 is 13.0 Å². The number of piperidine rings is 1. The Morgan fingerprint density at radius 1 is 0.940 bits per heavy atom. The first kappa shape index (κ1) is 34.5. The molecule has 260 valence electrons. The van der Waals surface area contributed by atoms with Crippen LogP contribution in [0.5, 0.6) is 5.75 Å². The number of rotatable bonds is 9. The third kappa shape index (κ3) is 6.86. The van der Waals surface area contributed by atoms with Crippen molar-refractivity contribution in [3.63, 3.8) is 0 Å². The van der Waals surface area contributed by atoms with Gasteiger partial charge in [0.1, 0.15) is 5.75 Å². The van der Waals surface area contributed by atoms with Crippen LogP contribution in [0.25, 0.3) is 11.6 Å². The van der Waals surface area contributed by atoms with Gasteiger partial charge in [0.15, 0.2) is 0 Å². The topological polar surface area (TPSA) is 90.3 Å². The fourth-order valence-electron chi connectivity index (χ4n) is 9.18. The monoisotopic (exact) mass is 672 g/mol. The lowest BCUT2D eigenvalue weighted by Crippen LogP contribution is -2.48. The molecule has 3 saturated heterocycles. The second-order valence-corrected chi connectivity index (χ2v) is 14.8. The molecule has 3 aromatic rings. The number of phenolic OH excluding ortho intramolecular Hbond substituents is 1. The van der Waals surface area contributed by atoms with Gasteiger partial charge in [-0.15, -0.1) is 0 Å². The number of allylic oxidation sites excluding steroid dienone is 2. The Labute approximate surface area is 296 Å². The summed E-state index contributed by atoms with van der Waals surface area (Å²) in [7, 11) is -0.990. The SMILES string of the molecule is CCC1=C2[C@@H](CC/C(=C/c3cc(C)c(O)c(C)c3)c3ccccc3)OB(O)C[C@@H]2[C@@H]2C(=O)N(C3CCN(Cc4ccccc4)CC3)C(=O)[C@@H]2C1. The van der Waals surface area contributed by atoms with Gasteiger partial charge in [-0.1, -0.05) is 79.2 Å². The minimum absolute atomic E-state index is 0.0159. The van der Waals surface area contributed by atoms with Gasteiger partial charge in [0, 0.05) is 25.7 Å². The second kappa shape index (κ2) is 14.7. The zero-order valence-electron chi connectivity index (χ0n) is 29.6. The average molecular weight is 673 g/mol. The van der Waals surface area contributed by atoms with E-state index in [-0.39, 0.29) is 35.8 Å². The number of benzene rings is 3. The summed E-state index contributed by atoms with van der Waals surface area (Å²) in [6.07, 6.45) is 6.48. The Morgan fingerprint density at radius 3 is 2.26 bits per heavy atom. The number of hydrogen-bond acceptors (Lipinski definition) is 6. The van der Waals surface area contributed by atoms with Crippen molar-refractivity contribution in [2.24, 2.45) is 17.8 Å². The highest BCUT2D eigenvalue weighted by atomic mass is 16.5. The van der Waals surface area contributed by atoms with Gasteiger partial charge in [-0.25, -0.2) is 0 Å². The third-order valence-corrected chi connectivity index (χ3v) is 11.6. The van der Waals surface area contributed by atoms with E-state index in [0.29, 0.717) is 31.3 Å². The molecule has 0 unspecified atom stereocenters. The summed E-state index contributed by atoms with van der Waals surface area (Å²) < 4.78 is 6.31. The molecule has 7 rings (SSSR count). The van der Waals surface area contributed by atoms with E-state index in [1.807, 2.05) is 50.2 Å². The molecule has 0 aromatic heterocycles. The highest BCUT2D eigenvalue weighted by Gasteiger charge is 2.58. The van der Waals surface area contributed by atoms with Crippen LogP contribution < -0.4 is 0 Å². The van der Waals surface area contributed by atoms with E-state index in [0.717, 1.165) is 72.3 Å². The number of imide groups is 1. The molecule has 2 N–H and O–H groups in total. The smallest absolute Gasteiger partial charge is 0.455 e. The molecule has 0 bridgehead atoms. The van der Waals surface area contributed by atoms with Crippen LogP contribution in [0.15, 0.2) is 83.9 Å². The lowest BCUT2D eigenvalue weighted by molar-refractivity contribution is -0.144. The molecular formula is C42H49BN2O5. The molecular weight excluding hydrogens is 623 g/mol. The molecule has 0 radical (unpaired) electrons. The summed E-state index contributed by atoms with van der Waals surface area (Å²) in [5.74, 6) is -0.749. The first-order valence-corrected chi connectivity index (χ1v) is 18.5. The van der Waals surface area contributed by atoms with Crippen molar-refractivity contribution in [1.29, 1.82) is 0 Å². The Bertz CT molecular complexity index is 1760. The molecule has 7 nitrogen and oxygen atoms in total. The molecule has 3 aliphatic heterocycles. The van der Waals surface area contributed by atoms with Crippen molar-refractivity contribution in [1.82, 2.24) is 9.80 Å². The number of fused-ring (bicyclic) bond motifs is 3. The molecule has 4 aliphatic rings. The van der Waals surface area contributed by atoms with Crippen LogP contribution in [0.2, 0.25) is 6.32 Å². The summed E-state index contributed by atoms with van der Waals surface area (Å²) >= 11 is 0. The fraction of sp³-hybridized carbons (Fsp3) is 0.429. The average Bonchev–Trinajstić information content (AvgIpc) is 3.38. The van der Waals surface area contributed by atoms with Crippen LogP contribution in [0.3, 0.4) is 0 Å². The van der Waals surface area contributed by atoms with Gasteiger partial charge < -0.3 is 14.8 Å². The Kier molecular flexibility index (Phi) is 10.1. The highest BCUT2D eigenvalue weighted by Crippen LogP contribution is 2.52. The first-order valence-electron chi connectivity index (χ1n) is 18.5. The van der Waals surface area contributed by atoms with Gasteiger partial charge >= 0.3 is 7.12 Å². The normalized spacial score (nSPS) is 24.9. The Hall–Kier alpha value is -3.98. The van der Waals surface area contributed by atoms with Crippen molar-refractivity contribution < 1.29 is 24.4 Å². The number of nitrogens with zero attached hydrogens (tertiary/aromatic N) is 2. The number of carbonyl (C=O) groups excluding carboxylic acids is 2. The zero-order valence-corrected chi connectivity index (χ0v) is 29.6. The lowest BCUT2D eigenvalue weighted by atomic mass is 9.58. The van der Waals surface area contributed by atoms with E-state index in [4.69, 9.17) is 4.65 Å². The van der Waals surface area contributed by atoms with E-state index in [1.165, 1.54) is 11.1 Å². The van der Waals surface area contributed by atoms with Gasteiger partial charge in [0.2, 0.25) is 11.8 Å². The highest BCUT2D eigenvalue weighted by molar-refractivity contribution is 6.43. The third-order valence-electron chi connectivity index (χ3n) is 11.6. The Morgan fingerprint density at radius 2 is 1.60 bits per heavy atom. The van der Waals surface area contributed by atoms with Crippen molar-refractivity contribution >= 4 is 30.6 Å². The number of aromatic hydroxyl groups is 1. The largest absolute Gasteiger partial charge is 0.507 e. The van der Waals surface area contributed by atoms with Crippen LogP contribution >= 0.6 is 0 Å². The summed E-state index contributed by atoms with van der Waals surface area (Å²) in [5, 5.41) is 21.5. The van der Waals surface area contributed by atoms with Crippen molar-refractivity contribution in [3.8, 4) is 5.75 Å². The van der Waals surface area contributed by atoms with Crippen molar-refractivity contribution in [2.45, 2.75) is 84.3 Å². The summed E-state index contributed by atoms with van der Waals surface area (Å²) in [6, 6.07) is 24.7. The molecule has 3 aromatic carbocycles. The second-order valence-electron chi connectivity index (χ2n) is 14.8. The predicted molar refractivity (Wildman–Crippen MR) is 198 cm³/mol. The van der Waals surface area contributed by atoms with Gasteiger partial charge in [0.25, 0.3) is 0 Å². The minimum Gasteiger partial charge on any atom is -0.507 e. The summed E-state index contributed by atoms with van der Waals surface area (Å²) in [4.78, 5) is 32.5. The summed E-state index contributed by atoms with van der Waals surface area (Å²) in [6.45, 7) is 8.56. The molecule has 0 spiro atoms. The Balaban J connectivity index is 1.10. The summed E-state index contributed by atoms with van der Waals surface area (Å²) in [5.41, 5.74) is 8.57. The number of amides is 2. The van der Waals surface area contributed by atoms with E-state index in [1.54, 1.807) is 4.90 Å². The van der Waals surface area contributed by atoms with Gasteiger partial charge in [-0.3, -0.25) is 19.4 Å². The molecule has 50 heavy (non-hydrogen) atoms. The quantitative estimate of drug-likeness (QED) is 0.108. The maximum Gasteiger partial charge on any atom is 0.455 e. The van der Waals surface area contributed by atoms with Crippen LogP contribution in [0, 0.1) is 31.6 Å². The van der Waals surface area contributed by atoms with Crippen LogP contribution in [-0.4, -0.2) is 64.1 Å². The van der Waals surface area contributed by atoms with Crippen LogP contribution in [0.4, 0.5) is 0 Å². The number of likely N-dealkylation sites (tertiary alicyclic amines) is 2. The zero-order chi connectivity index (χ0) is 34.9. The molecule has 8 heteroatoms. The molecule has 1 aliphatic carbocycles. The number of hydrogen-bond donors (Lipinski definition) is 2. The van der Waals surface area contributed by atoms with Gasteiger partial charge in [0.05, 0.1) is 17.9 Å². The first-order chi connectivity index (χ1) is 24.2. The van der Waals surface area contributed by atoms with Gasteiger partial charge in [-0.05, 0) is 116 Å². The maximum absolute atomic E-state index is 14.3. The standard InChI is InChI=1S/C42H49BN2O5/c1-4-31-24-35-39(42(48)45(41(35)47)34-17-19-44(20-18-34)26-29-11-7-5-8-12-29)36-25-43(49)50-37(38(31)36)16-15-33(32-13-9-6-10-14-32)23-30-21-27(2)40(46)28(3)22-30/h5-14,21-23,34-37,39,46,49H,4,15-20,24-26H2,1-3H3/b33-23-/t35-,36+,37-,39-/m1/s1. The molecule has 2 amide bonds. The maximum atomic E-state index is 14.3.